The molecule has 2 atom stereocenters. The Hall–Kier alpha value is -0.150. The van der Waals surface area contributed by atoms with Crippen molar-refractivity contribution >= 4 is 0 Å². The van der Waals surface area contributed by atoms with Crippen molar-refractivity contribution in [3.05, 3.63) is 0 Å². The van der Waals surface area contributed by atoms with Gasteiger partial charge in [-0.05, 0) is 12.8 Å². The number of hydrogen-bond acceptors (Lipinski definition) is 2. The number of nitrogens with zero attached hydrogens (tertiary/aromatic N) is 1. The molecule has 0 N–H and O–H groups in total. The van der Waals surface area contributed by atoms with Crippen LogP contribution in [0.25, 0.3) is 0 Å². The van der Waals surface area contributed by atoms with Crippen LogP contribution in [0.1, 0.15) is 12.8 Å². The second-order valence-electron chi connectivity index (χ2n) is 3.41. The molecule has 2 unspecified atom stereocenters. The molecule has 11 heavy (non-hydrogen) atoms. The van der Waals surface area contributed by atoms with Gasteiger partial charge in [0, 0.05) is 19.6 Å². The molecule has 0 radical (unpaired) electrons. The number of rotatable bonds is 2. The monoisotopic (exact) mass is 159 g/mol. The van der Waals surface area contributed by atoms with Crippen molar-refractivity contribution in [1.29, 1.82) is 0 Å². The lowest BCUT2D eigenvalue weighted by Gasteiger charge is -2.31. The fourth-order valence-electron chi connectivity index (χ4n) is 2.00. The van der Waals surface area contributed by atoms with Crippen molar-refractivity contribution in [2.75, 3.05) is 26.3 Å². The summed E-state index contributed by atoms with van der Waals surface area (Å²) >= 11 is 0. The Morgan fingerprint density at radius 2 is 1.91 bits per heavy atom. The van der Waals surface area contributed by atoms with Gasteiger partial charge in [-0.25, -0.2) is 4.39 Å². The summed E-state index contributed by atoms with van der Waals surface area (Å²) in [6.45, 7) is 2.26. The fraction of sp³-hybridized carbons (Fsp3) is 1.00. The van der Waals surface area contributed by atoms with Crippen LogP contribution in [0.3, 0.4) is 0 Å². The molecule has 0 aromatic heterocycles. The van der Waals surface area contributed by atoms with Crippen LogP contribution in [0.15, 0.2) is 0 Å². The van der Waals surface area contributed by atoms with E-state index >= 15 is 0 Å². The molecular formula is C8H14FNO. The Morgan fingerprint density at radius 3 is 2.45 bits per heavy atom. The third-order valence-electron chi connectivity index (χ3n) is 2.52. The molecule has 0 spiro atoms. The smallest absolute Gasteiger partial charge is 0.102 e. The Kier molecular flexibility index (Phi) is 2.09. The van der Waals surface area contributed by atoms with Crippen molar-refractivity contribution in [2.45, 2.75) is 25.0 Å². The van der Waals surface area contributed by atoms with E-state index in [-0.39, 0.29) is 6.67 Å². The first-order valence-electron chi connectivity index (χ1n) is 4.32. The summed E-state index contributed by atoms with van der Waals surface area (Å²) in [5.74, 6) is 0. The average molecular weight is 159 g/mol. The predicted molar refractivity (Wildman–Crippen MR) is 40.3 cm³/mol. The summed E-state index contributed by atoms with van der Waals surface area (Å²) in [6, 6.07) is 0. The number of halogens is 1. The van der Waals surface area contributed by atoms with Crippen LogP contribution in [0.2, 0.25) is 0 Å². The van der Waals surface area contributed by atoms with Gasteiger partial charge >= 0.3 is 0 Å². The number of likely N-dealkylation sites (tertiary alicyclic amines) is 1. The highest BCUT2D eigenvalue weighted by Crippen LogP contribution is 2.25. The van der Waals surface area contributed by atoms with Gasteiger partial charge in [0.2, 0.25) is 0 Å². The lowest BCUT2D eigenvalue weighted by molar-refractivity contribution is -0.0393. The van der Waals surface area contributed by atoms with Gasteiger partial charge in [-0.3, -0.25) is 4.90 Å². The van der Waals surface area contributed by atoms with Gasteiger partial charge in [-0.2, -0.15) is 0 Å². The van der Waals surface area contributed by atoms with E-state index in [1.807, 2.05) is 0 Å². The molecule has 2 heterocycles. The number of fused-ring (bicyclic) bond motifs is 2. The molecule has 3 heteroatoms. The van der Waals surface area contributed by atoms with E-state index in [1.54, 1.807) is 0 Å². The Balaban J connectivity index is 1.87. The zero-order valence-electron chi connectivity index (χ0n) is 6.63. The topological polar surface area (TPSA) is 12.5 Å². The maximum Gasteiger partial charge on any atom is 0.102 e. The number of ether oxygens (including phenoxy) is 1. The highest BCUT2D eigenvalue weighted by atomic mass is 19.1. The average Bonchev–Trinajstić information content (AvgIpc) is 2.32. The number of alkyl halides is 1. The zero-order valence-corrected chi connectivity index (χ0v) is 6.63. The molecule has 2 fully saturated rings. The fourth-order valence-corrected chi connectivity index (χ4v) is 2.00. The predicted octanol–water partition coefficient (Wildman–Crippen LogP) is 0.819. The van der Waals surface area contributed by atoms with E-state index in [1.165, 1.54) is 12.8 Å². The second-order valence-corrected chi connectivity index (χ2v) is 3.41. The van der Waals surface area contributed by atoms with Gasteiger partial charge in [-0.15, -0.1) is 0 Å². The molecule has 0 aliphatic carbocycles. The van der Waals surface area contributed by atoms with Crippen LogP contribution < -0.4 is 0 Å². The van der Waals surface area contributed by atoms with Gasteiger partial charge in [0.1, 0.15) is 6.67 Å². The Labute approximate surface area is 66.3 Å². The van der Waals surface area contributed by atoms with E-state index in [9.17, 15) is 4.39 Å². The van der Waals surface area contributed by atoms with Gasteiger partial charge in [0.05, 0.1) is 12.2 Å². The molecule has 0 saturated carbocycles. The van der Waals surface area contributed by atoms with Crippen molar-refractivity contribution in [1.82, 2.24) is 4.90 Å². The summed E-state index contributed by atoms with van der Waals surface area (Å²) < 4.78 is 17.6. The number of morpholine rings is 1. The zero-order chi connectivity index (χ0) is 7.68. The summed E-state index contributed by atoms with van der Waals surface area (Å²) in [5, 5.41) is 0. The van der Waals surface area contributed by atoms with Gasteiger partial charge in [-0.1, -0.05) is 0 Å². The van der Waals surface area contributed by atoms with Crippen molar-refractivity contribution < 1.29 is 9.13 Å². The van der Waals surface area contributed by atoms with Crippen molar-refractivity contribution in [2.24, 2.45) is 0 Å². The minimum Gasteiger partial charge on any atom is -0.372 e. The van der Waals surface area contributed by atoms with Crippen LogP contribution in [-0.4, -0.2) is 43.4 Å². The van der Waals surface area contributed by atoms with E-state index in [4.69, 9.17) is 4.74 Å². The third kappa shape index (κ3) is 1.54. The minimum absolute atomic E-state index is 0.223. The van der Waals surface area contributed by atoms with Crippen LogP contribution in [-0.2, 0) is 4.74 Å². The number of hydrogen-bond donors (Lipinski definition) is 0. The summed E-state index contributed by atoms with van der Waals surface area (Å²) in [4.78, 5) is 2.17. The standard InChI is InChI=1S/C8H14FNO/c9-3-4-10-5-7-1-2-8(6-10)11-7/h7-8H,1-6H2. The summed E-state index contributed by atoms with van der Waals surface area (Å²) in [7, 11) is 0. The van der Waals surface area contributed by atoms with Gasteiger partial charge in [0.15, 0.2) is 0 Å². The quantitative estimate of drug-likeness (QED) is 0.591. The molecule has 2 nitrogen and oxygen atoms in total. The second kappa shape index (κ2) is 3.07. The highest BCUT2D eigenvalue weighted by Gasteiger charge is 2.33. The molecule has 0 aromatic rings. The molecule has 2 rings (SSSR count). The Bertz CT molecular complexity index is 130. The van der Waals surface area contributed by atoms with Crippen molar-refractivity contribution in [3.8, 4) is 0 Å². The first-order valence-corrected chi connectivity index (χ1v) is 4.32. The highest BCUT2D eigenvalue weighted by molar-refractivity contribution is 4.84. The molecule has 2 saturated heterocycles. The lowest BCUT2D eigenvalue weighted by Crippen LogP contribution is -2.43. The molecule has 2 aliphatic rings. The third-order valence-corrected chi connectivity index (χ3v) is 2.52. The van der Waals surface area contributed by atoms with Gasteiger partial charge < -0.3 is 4.74 Å². The minimum atomic E-state index is -0.223. The maximum atomic E-state index is 12.0. The van der Waals surface area contributed by atoms with Crippen molar-refractivity contribution in [3.63, 3.8) is 0 Å². The van der Waals surface area contributed by atoms with Crippen LogP contribution in [0.4, 0.5) is 4.39 Å². The Morgan fingerprint density at radius 1 is 1.27 bits per heavy atom. The van der Waals surface area contributed by atoms with Crippen LogP contribution in [0.5, 0.6) is 0 Å². The van der Waals surface area contributed by atoms with Crippen LogP contribution in [0, 0.1) is 0 Å². The summed E-state index contributed by atoms with van der Waals surface area (Å²) in [5.41, 5.74) is 0. The van der Waals surface area contributed by atoms with Crippen LogP contribution >= 0.6 is 0 Å². The van der Waals surface area contributed by atoms with E-state index in [2.05, 4.69) is 4.90 Å². The molecular weight excluding hydrogens is 145 g/mol. The SMILES string of the molecule is FCCN1CC2CCC(C1)O2. The van der Waals surface area contributed by atoms with Gasteiger partial charge in [0.25, 0.3) is 0 Å². The first kappa shape index (κ1) is 7.50. The lowest BCUT2D eigenvalue weighted by atomic mass is 10.2. The maximum absolute atomic E-state index is 12.0. The molecule has 0 amide bonds. The van der Waals surface area contributed by atoms with E-state index in [0.717, 1.165) is 13.1 Å². The van der Waals surface area contributed by atoms with E-state index < -0.39 is 0 Å². The normalized spacial score (nSPS) is 37.9. The molecule has 64 valence electrons. The molecule has 2 aliphatic heterocycles. The first-order chi connectivity index (χ1) is 5.38. The van der Waals surface area contributed by atoms with E-state index in [0.29, 0.717) is 18.8 Å². The largest absolute Gasteiger partial charge is 0.372 e. The summed E-state index contributed by atoms with van der Waals surface area (Å²) in [6.07, 6.45) is 3.15. The molecule has 2 bridgehead atoms. The molecule has 0 aromatic carbocycles.